The molecule has 1 rings (SSSR count). The minimum absolute atomic E-state index is 0.00610. The van der Waals surface area contributed by atoms with E-state index in [0.29, 0.717) is 24.8 Å². The molecule has 1 aromatic heterocycles. The summed E-state index contributed by atoms with van der Waals surface area (Å²) in [5, 5.41) is 7.35. The van der Waals surface area contributed by atoms with E-state index in [0.717, 1.165) is 13.0 Å². The summed E-state index contributed by atoms with van der Waals surface area (Å²) in [6.07, 6.45) is 2.63. The van der Waals surface area contributed by atoms with Crippen molar-refractivity contribution < 1.29 is 4.74 Å². The Bertz CT molecular complexity index is 472. The predicted molar refractivity (Wildman–Crippen MR) is 82.7 cm³/mol. The molecule has 0 atom stereocenters. The van der Waals surface area contributed by atoms with Crippen LogP contribution in [-0.4, -0.2) is 29.5 Å². The van der Waals surface area contributed by atoms with Gasteiger partial charge in [-0.15, -0.1) is 0 Å². The molecule has 0 bridgehead atoms. The number of aromatic nitrogens is 2. The van der Waals surface area contributed by atoms with E-state index in [2.05, 4.69) is 24.3 Å². The SMILES string of the molecule is CC(C)CCOCCNc1cnn(C(C)C)c(=O)c1Cl. The summed E-state index contributed by atoms with van der Waals surface area (Å²) < 4.78 is 6.86. The van der Waals surface area contributed by atoms with Gasteiger partial charge in [0.15, 0.2) is 0 Å². The van der Waals surface area contributed by atoms with Crippen molar-refractivity contribution in [2.75, 3.05) is 25.1 Å². The Labute approximate surface area is 125 Å². The third-order valence-electron chi connectivity index (χ3n) is 2.83. The highest BCUT2D eigenvalue weighted by Crippen LogP contribution is 2.15. The molecule has 5 nitrogen and oxygen atoms in total. The molecule has 20 heavy (non-hydrogen) atoms. The van der Waals surface area contributed by atoms with Crippen molar-refractivity contribution in [2.45, 2.75) is 40.2 Å². The molecular weight excluding hydrogens is 278 g/mol. The minimum atomic E-state index is -0.271. The van der Waals surface area contributed by atoms with E-state index < -0.39 is 0 Å². The molecule has 0 spiro atoms. The maximum atomic E-state index is 11.9. The van der Waals surface area contributed by atoms with Crippen LogP contribution in [0.25, 0.3) is 0 Å². The highest BCUT2D eigenvalue weighted by atomic mass is 35.5. The first-order valence-electron chi connectivity index (χ1n) is 7.02. The molecule has 0 aliphatic heterocycles. The van der Waals surface area contributed by atoms with Crippen LogP contribution < -0.4 is 10.9 Å². The highest BCUT2D eigenvalue weighted by Gasteiger charge is 2.10. The predicted octanol–water partition coefficient (Wildman–Crippen LogP) is 2.95. The Hall–Kier alpha value is -1.07. The minimum Gasteiger partial charge on any atom is -0.380 e. The van der Waals surface area contributed by atoms with Crippen LogP contribution in [0.5, 0.6) is 0 Å². The van der Waals surface area contributed by atoms with Crippen molar-refractivity contribution in [2.24, 2.45) is 5.92 Å². The molecule has 1 N–H and O–H groups in total. The van der Waals surface area contributed by atoms with Gasteiger partial charge >= 0.3 is 0 Å². The maximum absolute atomic E-state index is 11.9. The monoisotopic (exact) mass is 301 g/mol. The van der Waals surface area contributed by atoms with Gasteiger partial charge in [-0.2, -0.15) is 5.10 Å². The van der Waals surface area contributed by atoms with Crippen LogP contribution in [0.4, 0.5) is 5.69 Å². The van der Waals surface area contributed by atoms with Crippen molar-refractivity contribution in [1.29, 1.82) is 0 Å². The average molecular weight is 302 g/mol. The van der Waals surface area contributed by atoms with E-state index in [1.165, 1.54) is 4.68 Å². The lowest BCUT2D eigenvalue weighted by Crippen LogP contribution is -2.26. The van der Waals surface area contributed by atoms with Gasteiger partial charge in [0.2, 0.25) is 0 Å². The van der Waals surface area contributed by atoms with Gasteiger partial charge in [-0.25, -0.2) is 4.68 Å². The Morgan fingerprint density at radius 1 is 1.35 bits per heavy atom. The van der Waals surface area contributed by atoms with Crippen LogP contribution in [0.2, 0.25) is 5.02 Å². The summed E-state index contributed by atoms with van der Waals surface area (Å²) in [5.74, 6) is 0.644. The number of hydrogen-bond acceptors (Lipinski definition) is 4. The number of nitrogens with one attached hydrogen (secondary N) is 1. The zero-order valence-electron chi connectivity index (χ0n) is 12.6. The lowest BCUT2D eigenvalue weighted by Gasteiger charge is -2.12. The number of anilines is 1. The number of hydrogen-bond donors (Lipinski definition) is 1. The first-order chi connectivity index (χ1) is 9.43. The molecule has 0 aliphatic carbocycles. The molecule has 0 unspecified atom stereocenters. The number of halogens is 1. The van der Waals surface area contributed by atoms with Crippen LogP contribution >= 0.6 is 11.6 Å². The molecule has 0 saturated carbocycles. The average Bonchev–Trinajstić information content (AvgIpc) is 2.37. The van der Waals surface area contributed by atoms with Gasteiger partial charge in [-0.05, 0) is 26.2 Å². The van der Waals surface area contributed by atoms with Crippen LogP contribution in [0.15, 0.2) is 11.0 Å². The molecule has 0 aromatic carbocycles. The first kappa shape index (κ1) is 17.0. The number of rotatable bonds is 8. The van der Waals surface area contributed by atoms with Gasteiger partial charge < -0.3 is 10.1 Å². The van der Waals surface area contributed by atoms with E-state index in [9.17, 15) is 4.79 Å². The largest absolute Gasteiger partial charge is 0.380 e. The molecule has 0 aliphatic rings. The van der Waals surface area contributed by atoms with Crippen LogP contribution in [0.1, 0.15) is 40.2 Å². The molecule has 0 amide bonds. The van der Waals surface area contributed by atoms with Gasteiger partial charge in [0.1, 0.15) is 5.02 Å². The first-order valence-corrected chi connectivity index (χ1v) is 7.40. The van der Waals surface area contributed by atoms with Crippen molar-refractivity contribution in [1.82, 2.24) is 9.78 Å². The quantitative estimate of drug-likeness (QED) is 0.750. The highest BCUT2D eigenvalue weighted by molar-refractivity contribution is 6.32. The Morgan fingerprint density at radius 3 is 2.65 bits per heavy atom. The van der Waals surface area contributed by atoms with Crippen LogP contribution in [-0.2, 0) is 4.74 Å². The van der Waals surface area contributed by atoms with Crippen molar-refractivity contribution >= 4 is 17.3 Å². The second-order valence-corrected chi connectivity index (χ2v) is 5.82. The number of nitrogens with zero attached hydrogens (tertiary/aromatic N) is 2. The molecule has 0 saturated heterocycles. The fourth-order valence-corrected chi connectivity index (χ4v) is 1.82. The smallest absolute Gasteiger partial charge is 0.287 e. The van der Waals surface area contributed by atoms with E-state index in [4.69, 9.17) is 16.3 Å². The van der Waals surface area contributed by atoms with Crippen LogP contribution in [0.3, 0.4) is 0 Å². The third kappa shape index (κ3) is 5.13. The van der Waals surface area contributed by atoms with E-state index in [1.807, 2.05) is 13.8 Å². The molecular formula is C14H24ClN3O2. The summed E-state index contributed by atoms with van der Waals surface area (Å²) in [7, 11) is 0. The zero-order chi connectivity index (χ0) is 15.1. The van der Waals surface area contributed by atoms with Crippen LogP contribution in [0, 0.1) is 5.92 Å². The summed E-state index contributed by atoms with van der Waals surface area (Å²) in [6.45, 7) is 10.0. The lowest BCUT2D eigenvalue weighted by molar-refractivity contribution is 0.132. The standard InChI is InChI=1S/C14H24ClN3O2/c1-10(2)5-7-20-8-6-16-12-9-17-18(11(3)4)14(19)13(12)15/h9-11,16H,5-8H2,1-4H3. The van der Waals surface area contributed by atoms with Crippen molar-refractivity contribution in [3.63, 3.8) is 0 Å². The summed E-state index contributed by atoms with van der Waals surface area (Å²) >= 11 is 6.05. The Kier molecular flexibility index (Phi) is 7.02. The second kappa shape index (κ2) is 8.27. The van der Waals surface area contributed by atoms with Gasteiger partial charge in [-0.3, -0.25) is 4.79 Å². The van der Waals surface area contributed by atoms with Gasteiger partial charge in [0.05, 0.1) is 24.5 Å². The van der Waals surface area contributed by atoms with Gasteiger partial charge in [-0.1, -0.05) is 25.4 Å². The van der Waals surface area contributed by atoms with Crippen molar-refractivity contribution in [3.05, 3.63) is 21.6 Å². The normalized spacial score (nSPS) is 11.3. The molecule has 0 fully saturated rings. The summed E-state index contributed by atoms with van der Waals surface area (Å²) in [4.78, 5) is 11.9. The number of ether oxygens (including phenoxy) is 1. The maximum Gasteiger partial charge on any atom is 0.287 e. The second-order valence-electron chi connectivity index (χ2n) is 5.44. The Morgan fingerprint density at radius 2 is 2.05 bits per heavy atom. The van der Waals surface area contributed by atoms with E-state index in [-0.39, 0.29) is 16.6 Å². The summed E-state index contributed by atoms with van der Waals surface area (Å²) in [5.41, 5.74) is 0.286. The van der Waals surface area contributed by atoms with E-state index >= 15 is 0 Å². The molecule has 1 heterocycles. The fourth-order valence-electron chi connectivity index (χ4n) is 1.61. The topological polar surface area (TPSA) is 56.1 Å². The Balaban J connectivity index is 2.45. The fraction of sp³-hybridized carbons (Fsp3) is 0.714. The van der Waals surface area contributed by atoms with Crippen molar-refractivity contribution in [3.8, 4) is 0 Å². The van der Waals surface area contributed by atoms with Gasteiger partial charge in [0.25, 0.3) is 5.56 Å². The molecule has 1 aromatic rings. The molecule has 0 radical (unpaired) electrons. The van der Waals surface area contributed by atoms with Gasteiger partial charge in [0, 0.05) is 13.2 Å². The summed E-state index contributed by atoms with van der Waals surface area (Å²) in [6, 6.07) is -0.00610. The lowest BCUT2D eigenvalue weighted by atomic mass is 10.1. The molecule has 114 valence electrons. The van der Waals surface area contributed by atoms with E-state index in [1.54, 1.807) is 6.20 Å². The molecule has 6 heteroatoms. The third-order valence-corrected chi connectivity index (χ3v) is 3.20. The zero-order valence-corrected chi connectivity index (χ0v) is 13.4.